The zero-order chi connectivity index (χ0) is 22.2. The minimum absolute atomic E-state index is 0.0535. The van der Waals surface area contributed by atoms with E-state index in [4.69, 9.17) is 4.74 Å². The lowest BCUT2D eigenvalue weighted by Gasteiger charge is -2.29. The zero-order valence-electron chi connectivity index (χ0n) is 15.3. The number of hydrogen-bond donors (Lipinski definition) is 2. The Hall–Kier alpha value is -3.01. The molecule has 0 spiro atoms. The topological polar surface area (TPSA) is 50.4 Å². The molecule has 1 saturated heterocycles. The summed E-state index contributed by atoms with van der Waals surface area (Å²) in [5.41, 5.74) is -3.52. The van der Waals surface area contributed by atoms with Crippen LogP contribution in [0.1, 0.15) is 22.3 Å². The molecule has 4 nitrogen and oxygen atoms in total. The number of carbonyl (C=O) groups excluding carboxylic acids is 1. The quantitative estimate of drug-likeness (QED) is 0.659. The summed E-state index contributed by atoms with van der Waals surface area (Å²) in [6.07, 6.45) is -9.89. The van der Waals surface area contributed by atoms with E-state index in [1.54, 1.807) is 30.3 Å². The molecule has 1 unspecified atom stereocenters. The average molecular weight is 430 g/mol. The summed E-state index contributed by atoms with van der Waals surface area (Å²) in [6, 6.07) is 9.24. The first-order valence-corrected chi connectivity index (χ1v) is 8.62. The Morgan fingerprint density at radius 3 is 1.97 bits per heavy atom. The molecular formula is C20H16F6N2O2. The van der Waals surface area contributed by atoms with Crippen molar-refractivity contribution < 1.29 is 35.9 Å². The molecule has 10 heteroatoms. The van der Waals surface area contributed by atoms with Gasteiger partial charge in [0.25, 0.3) is 0 Å². The molecule has 1 fully saturated rings. The van der Waals surface area contributed by atoms with Crippen LogP contribution in [0.4, 0.5) is 31.1 Å². The first-order chi connectivity index (χ1) is 13.9. The van der Waals surface area contributed by atoms with Crippen LogP contribution in [0.15, 0.2) is 60.8 Å². The molecule has 3 rings (SSSR count). The number of rotatable bonds is 5. The fourth-order valence-electron chi connectivity index (χ4n) is 3.14. The van der Waals surface area contributed by atoms with Gasteiger partial charge >= 0.3 is 18.4 Å². The van der Waals surface area contributed by atoms with Gasteiger partial charge in [-0.15, -0.1) is 0 Å². The molecule has 0 bridgehead atoms. The van der Waals surface area contributed by atoms with E-state index in [1.807, 2.05) is 0 Å². The van der Waals surface area contributed by atoms with E-state index in [1.165, 1.54) is 0 Å². The molecule has 0 aliphatic carbocycles. The summed E-state index contributed by atoms with van der Waals surface area (Å²) >= 11 is 0. The standard InChI is InChI=1S/C20H16F6N2O2/c1-12-18(28-17(29)27-12,14-5-3-2-4-6-14)11-30-10-13-7-15(19(21,22)23)9-16(8-13)20(24,25)26/h2-9H,1,10-11H2,(H2,27,28,29). The molecule has 30 heavy (non-hydrogen) atoms. The first-order valence-electron chi connectivity index (χ1n) is 8.62. The van der Waals surface area contributed by atoms with Crippen LogP contribution in [0.3, 0.4) is 0 Å². The van der Waals surface area contributed by atoms with Crippen LogP contribution in [0.2, 0.25) is 0 Å². The second-order valence-electron chi connectivity index (χ2n) is 6.74. The third-order valence-corrected chi connectivity index (χ3v) is 4.61. The SMILES string of the molecule is C=C1NC(=O)NC1(COCc1cc(C(F)(F)F)cc(C(F)(F)F)c1)c1ccccc1. The predicted molar refractivity (Wildman–Crippen MR) is 95.0 cm³/mol. The minimum Gasteiger partial charge on any atom is -0.374 e. The monoisotopic (exact) mass is 430 g/mol. The number of hydrogen-bond acceptors (Lipinski definition) is 2. The number of carbonyl (C=O) groups is 1. The van der Waals surface area contributed by atoms with Crippen LogP contribution in [0.25, 0.3) is 0 Å². The molecule has 2 aromatic carbocycles. The lowest BCUT2D eigenvalue weighted by Crippen LogP contribution is -2.43. The van der Waals surface area contributed by atoms with Crippen molar-refractivity contribution in [3.63, 3.8) is 0 Å². The highest BCUT2D eigenvalue weighted by molar-refractivity contribution is 5.82. The van der Waals surface area contributed by atoms with Crippen LogP contribution in [0.5, 0.6) is 0 Å². The number of benzene rings is 2. The molecule has 0 radical (unpaired) electrons. The number of nitrogens with one attached hydrogen (secondary N) is 2. The third-order valence-electron chi connectivity index (χ3n) is 4.61. The average Bonchev–Trinajstić information content (AvgIpc) is 2.95. The maximum absolute atomic E-state index is 13.0. The molecule has 0 aromatic heterocycles. The van der Waals surface area contributed by atoms with Gasteiger partial charge in [0.05, 0.1) is 24.3 Å². The largest absolute Gasteiger partial charge is 0.416 e. The Morgan fingerprint density at radius 1 is 0.933 bits per heavy atom. The number of halogens is 6. The van der Waals surface area contributed by atoms with Crippen molar-refractivity contribution in [2.75, 3.05) is 6.61 Å². The third kappa shape index (κ3) is 4.43. The lowest BCUT2D eigenvalue weighted by atomic mass is 9.89. The Bertz CT molecular complexity index is 924. The van der Waals surface area contributed by atoms with Gasteiger partial charge in [0, 0.05) is 5.70 Å². The molecule has 2 N–H and O–H groups in total. The second kappa shape index (κ2) is 7.67. The van der Waals surface area contributed by atoms with Gasteiger partial charge in [-0.25, -0.2) is 4.79 Å². The summed E-state index contributed by atoms with van der Waals surface area (Å²) in [7, 11) is 0. The summed E-state index contributed by atoms with van der Waals surface area (Å²) < 4.78 is 83.5. The van der Waals surface area contributed by atoms with E-state index in [0.29, 0.717) is 17.7 Å². The molecular weight excluding hydrogens is 414 g/mol. The maximum atomic E-state index is 13.0. The Balaban J connectivity index is 1.86. The van der Waals surface area contributed by atoms with Gasteiger partial charge in [-0.3, -0.25) is 0 Å². The van der Waals surface area contributed by atoms with Crippen LogP contribution >= 0.6 is 0 Å². The van der Waals surface area contributed by atoms with Gasteiger partial charge < -0.3 is 15.4 Å². The summed E-state index contributed by atoms with van der Waals surface area (Å²) in [6.45, 7) is 2.99. The van der Waals surface area contributed by atoms with Crippen LogP contribution in [-0.2, 0) is 29.2 Å². The second-order valence-corrected chi connectivity index (χ2v) is 6.74. The van der Waals surface area contributed by atoms with Crippen LogP contribution in [-0.4, -0.2) is 12.6 Å². The van der Waals surface area contributed by atoms with E-state index in [0.717, 1.165) is 0 Å². The van der Waals surface area contributed by atoms with Crippen LogP contribution in [0, 0.1) is 0 Å². The molecule has 2 aromatic rings. The van der Waals surface area contributed by atoms with Crippen molar-refractivity contribution in [1.82, 2.24) is 10.6 Å². The molecule has 1 heterocycles. The highest BCUT2D eigenvalue weighted by Crippen LogP contribution is 2.37. The van der Waals surface area contributed by atoms with Crippen molar-refractivity contribution in [3.8, 4) is 0 Å². The van der Waals surface area contributed by atoms with Gasteiger partial charge in [0.2, 0.25) is 0 Å². The molecule has 2 amide bonds. The van der Waals surface area contributed by atoms with E-state index in [-0.39, 0.29) is 23.9 Å². The first kappa shape index (κ1) is 21.7. The summed E-state index contributed by atoms with van der Waals surface area (Å²) in [4.78, 5) is 11.8. The van der Waals surface area contributed by atoms with Crippen molar-refractivity contribution in [2.45, 2.75) is 24.5 Å². The van der Waals surface area contributed by atoms with E-state index < -0.39 is 41.7 Å². The number of urea groups is 1. The Kier molecular flexibility index (Phi) is 5.55. The highest BCUT2D eigenvalue weighted by Gasteiger charge is 2.43. The number of alkyl halides is 6. The van der Waals surface area contributed by atoms with Crippen LogP contribution < -0.4 is 10.6 Å². The summed E-state index contributed by atoms with van der Waals surface area (Å²) in [5.74, 6) is 0. The molecule has 0 saturated carbocycles. The fourth-order valence-corrected chi connectivity index (χ4v) is 3.14. The van der Waals surface area contributed by atoms with Crippen molar-refractivity contribution in [2.24, 2.45) is 0 Å². The molecule has 1 aliphatic rings. The van der Waals surface area contributed by atoms with Gasteiger partial charge in [-0.2, -0.15) is 26.3 Å². The van der Waals surface area contributed by atoms with Gasteiger partial charge in [-0.05, 0) is 29.3 Å². The predicted octanol–water partition coefficient (Wildman–Crippen LogP) is 4.96. The van der Waals surface area contributed by atoms with E-state index in [2.05, 4.69) is 17.2 Å². The van der Waals surface area contributed by atoms with Crippen molar-refractivity contribution in [3.05, 3.63) is 83.1 Å². The van der Waals surface area contributed by atoms with Crippen molar-refractivity contribution in [1.29, 1.82) is 0 Å². The summed E-state index contributed by atoms with van der Waals surface area (Å²) in [5, 5.41) is 5.15. The number of ether oxygens (including phenoxy) is 1. The maximum Gasteiger partial charge on any atom is 0.416 e. The molecule has 1 atom stereocenters. The number of amides is 2. The van der Waals surface area contributed by atoms with Gasteiger partial charge in [0.1, 0.15) is 5.54 Å². The smallest absolute Gasteiger partial charge is 0.374 e. The zero-order valence-corrected chi connectivity index (χ0v) is 15.3. The van der Waals surface area contributed by atoms with Gasteiger partial charge in [-0.1, -0.05) is 36.9 Å². The lowest BCUT2D eigenvalue weighted by molar-refractivity contribution is -0.143. The Morgan fingerprint density at radius 2 is 1.50 bits per heavy atom. The van der Waals surface area contributed by atoms with E-state index in [9.17, 15) is 31.1 Å². The highest BCUT2D eigenvalue weighted by atomic mass is 19.4. The van der Waals surface area contributed by atoms with Crippen molar-refractivity contribution >= 4 is 6.03 Å². The van der Waals surface area contributed by atoms with E-state index >= 15 is 0 Å². The Labute approximate surface area is 167 Å². The fraction of sp³-hybridized carbons (Fsp3) is 0.250. The van der Waals surface area contributed by atoms with Gasteiger partial charge in [0.15, 0.2) is 0 Å². The minimum atomic E-state index is -4.95. The molecule has 1 aliphatic heterocycles. The normalized spacial score (nSPS) is 19.5. The molecule has 160 valence electrons.